The molecule has 5 heteroatoms. The summed E-state index contributed by atoms with van der Waals surface area (Å²) in [4.78, 5) is 0. The van der Waals surface area contributed by atoms with Gasteiger partial charge < -0.3 is 10.4 Å². The van der Waals surface area contributed by atoms with E-state index in [1.54, 1.807) is 0 Å². The molecule has 0 aliphatic carbocycles. The summed E-state index contributed by atoms with van der Waals surface area (Å²) in [7, 11) is 0. The van der Waals surface area contributed by atoms with E-state index in [2.05, 4.69) is 10.3 Å². The zero-order valence-corrected chi connectivity index (χ0v) is 4.32. The predicted octanol–water partition coefficient (Wildman–Crippen LogP) is -0.0961. The molecule has 0 rings (SSSR count). The van der Waals surface area contributed by atoms with Crippen LogP contribution in [0.25, 0.3) is 0 Å². The SMILES string of the molecule is ON=CC=NO.[Co+3]. The van der Waals surface area contributed by atoms with Crippen molar-refractivity contribution in [3.8, 4) is 0 Å². The Labute approximate surface area is 50.7 Å². The zero-order chi connectivity index (χ0) is 4.83. The van der Waals surface area contributed by atoms with Crippen molar-refractivity contribution >= 4 is 12.4 Å². The van der Waals surface area contributed by atoms with Crippen molar-refractivity contribution in [2.24, 2.45) is 10.3 Å². The molecular formula is C2H4CoN2O2+3. The number of rotatable bonds is 1. The van der Waals surface area contributed by atoms with Crippen LogP contribution in [0.15, 0.2) is 10.3 Å². The van der Waals surface area contributed by atoms with E-state index >= 15 is 0 Å². The minimum absolute atomic E-state index is 0. The summed E-state index contributed by atoms with van der Waals surface area (Å²) in [5.41, 5.74) is 0. The average molecular weight is 147 g/mol. The predicted molar refractivity (Wildman–Crippen MR) is 20.6 cm³/mol. The van der Waals surface area contributed by atoms with Crippen LogP contribution in [0.1, 0.15) is 0 Å². The number of oxime groups is 2. The first-order valence-electron chi connectivity index (χ1n) is 1.25. The summed E-state index contributed by atoms with van der Waals surface area (Å²) in [6.07, 6.45) is 1.89. The molecule has 0 aromatic heterocycles. The van der Waals surface area contributed by atoms with Gasteiger partial charge in [-0.1, -0.05) is 10.3 Å². The molecule has 0 aromatic carbocycles. The van der Waals surface area contributed by atoms with Crippen molar-refractivity contribution in [1.82, 2.24) is 0 Å². The first-order chi connectivity index (χ1) is 2.91. The quantitative estimate of drug-likeness (QED) is 0.309. The van der Waals surface area contributed by atoms with Crippen molar-refractivity contribution in [2.45, 2.75) is 0 Å². The molecular weight excluding hydrogens is 143 g/mol. The third-order valence-electron chi connectivity index (χ3n) is 0.200. The van der Waals surface area contributed by atoms with E-state index in [1.807, 2.05) is 0 Å². The van der Waals surface area contributed by atoms with Gasteiger partial charge in [0.15, 0.2) is 0 Å². The molecule has 0 spiro atoms. The summed E-state index contributed by atoms with van der Waals surface area (Å²) in [6.45, 7) is 0. The molecule has 0 saturated heterocycles. The van der Waals surface area contributed by atoms with E-state index in [9.17, 15) is 0 Å². The van der Waals surface area contributed by atoms with E-state index < -0.39 is 0 Å². The van der Waals surface area contributed by atoms with E-state index in [1.165, 1.54) is 0 Å². The second-order valence-electron chi connectivity index (χ2n) is 0.529. The van der Waals surface area contributed by atoms with Gasteiger partial charge in [-0.15, -0.1) is 0 Å². The number of hydrogen-bond donors (Lipinski definition) is 2. The molecule has 7 heavy (non-hydrogen) atoms. The zero-order valence-electron chi connectivity index (χ0n) is 3.28. The summed E-state index contributed by atoms with van der Waals surface area (Å²) in [6, 6.07) is 0. The van der Waals surface area contributed by atoms with E-state index in [0.29, 0.717) is 0 Å². The van der Waals surface area contributed by atoms with Gasteiger partial charge in [0.05, 0.1) is 12.4 Å². The summed E-state index contributed by atoms with van der Waals surface area (Å²) >= 11 is 0. The van der Waals surface area contributed by atoms with Crippen molar-refractivity contribution in [3.63, 3.8) is 0 Å². The Balaban J connectivity index is 0. The van der Waals surface area contributed by atoms with Crippen molar-refractivity contribution in [2.75, 3.05) is 0 Å². The Kier molecular flexibility index (Phi) is 12.5. The molecule has 0 saturated carbocycles. The normalized spacial score (nSPS) is 9.71. The number of nitrogens with zero attached hydrogens (tertiary/aromatic N) is 2. The minimum atomic E-state index is 0. The van der Waals surface area contributed by atoms with Gasteiger partial charge >= 0.3 is 16.8 Å². The van der Waals surface area contributed by atoms with Crippen LogP contribution < -0.4 is 0 Å². The van der Waals surface area contributed by atoms with Crippen molar-refractivity contribution in [1.29, 1.82) is 0 Å². The second kappa shape index (κ2) is 9.07. The molecule has 0 radical (unpaired) electrons. The molecule has 0 heterocycles. The fourth-order valence-electron chi connectivity index (χ4n) is 0.0596. The fourth-order valence-corrected chi connectivity index (χ4v) is 0.0596. The Morgan fingerprint density at radius 2 is 1.29 bits per heavy atom. The average Bonchev–Trinajstić information content (AvgIpc) is 1.61. The van der Waals surface area contributed by atoms with Crippen molar-refractivity contribution < 1.29 is 27.2 Å². The fraction of sp³-hybridized carbons (Fsp3) is 0. The van der Waals surface area contributed by atoms with Crippen LogP contribution in [-0.4, -0.2) is 22.8 Å². The Hall–Kier alpha value is -0.554. The van der Waals surface area contributed by atoms with Crippen LogP contribution in [0.4, 0.5) is 0 Å². The van der Waals surface area contributed by atoms with Gasteiger partial charge in [0.25, 0.3) is 0 Å². The smallest absolute Gasteiger partial charge is 0.411 e. The second-order valence-corrected chi connectivity index (χ2v) is 0.529. The maximum atomic E-state index is 7.56. The van der Waals surface area contributed by atoms with E-state index in [-0.39, 0.29) is 16.8 Å². The van der Waals surface area contributed by atoms with Gasteiger partial charge in [-0.3, -0.25) is 0 Å². The van der Waals surface area contributed by atoms with Crippen molar-refractivity contribution in [3.05, 3.63) is 0 Å². The van der Waals surface area contributed by atoms with Crippen LogP contribution in [0.5, 0.6) is 0 Å². The Morgan fingerprint density at radius 3 is 1.43 bits per heavy atom. The van der Waals surface area contributed by atoms with Gasteiger partial charge in [-0.2, -0.15) is 0 Å². The van der Waals surface area contributed by atoms with Gasteiger partial charge in [0, 0.05) is 0 Å². The first-order valence-corrected chi connectivity index (χ1v) is 1.25. The summed E-state index contributed by atoms with van der Waals surface area (Å²) < 4.78 is 0. The van der Waals surface area contributed by atoms with Gasteiger partial charge in [0.1, 0.15) is 0 Å². The van der Waals surface area contributed by atoms with Crippen LogP contribution in [0.2, 0.25) is 0 Å². The van der Waals surface area contributed by atoms with E-state index in [4.69, 9.17) is 10.4 Å². The minimum Gasteiger partial charge on any atom is -0.411 e. The third-order valence-corrected chi connectivity index (χ3v) is 0.200. The Bertz CT molecular complexity index is 62.1. The number of hydrogen-bond acceptors (Lipinski definition) is 4. The Morgan fingerprint density at radius 1 is 1.00 bits per heavy atom. The topological polar surface area (TPSA) is 65.2 Å². The molecule has 4 nitrogen and oxygen atoms in total. The van der Waals surface area contributed by atoms with Crippen LogP contribution in [0.3, 0.4) is 0 Å². The molecule has 40 valence electrons. The van der Waals surface area contributed by atoms with Gasteiger partial charge in [-0.25, -0.2) is 0 Å². The maximum Gasteiger partial charge on any atom is 3.00 e. The molecule has 0 atom stereocenters. The molecule has 0 amide bonds. The molecule has 0 aromatic rings. The largest absolute Gasteiger partial charge is 3.00 e. The van der Waals surface area contributed by atoms with Crippen LogP contribution in [0, 0.1) is 0 Å². The third kappa shape index (κ3) is 10.8. The van der Waals surface area contributed by atoms with E-state index in [0.717, 1.165) is 12.4 Å². The maximum absolute atomic E-state index is 7.56. The first kappa shape index (κ1) is 9.67. The summed E-state index contributed by atoms with van der Waals surface area (Å²) in [5.74, 6) is 0. The molecule has 0 fully saturated rings. The van der Waals surface area contributed by atoms with Gasteiger partial charge in [0.2, 0.25) is 0 Å². The van der Waals surface area contributed by atoms with Crippen LogP contribution in [-0.2, 0) is 16.8 Å². The molecule has 0 aliphatic heterocycles. The van der Waals surface area contributed by atoms with Gasteiger partial charge in [-0.05, 0) is 0 Å². The standard InChI is InChI=1S/C2H4N2O2.Co/c5-3-1-2-4-6;/h1-2,5-6H;/q;+3. The molecule has 2 N–H and O–H groups in total. The van der Waals surface area contributed by atoms with Crippen LogP contribution >= 0.6 is 0 Å². The summed E-state index contributed by atoms with van der Waals surface area (Å²) in [5, 5.41) is 20.1. The molecule has 0 aliphatic rings. The monoisotopic (exact) mass is 147 g/mol. The molecule has 0 unspecified atom stereocenters. The molecule has 0 bridgehead atoms.